The van der Waals surface area contributed by atoms with Crippen LogP contribution in [0.1, 0.15) is 35.3 Å². The van der Waals surface area contributed by atoms with Gasteiger partial charge in [-0.1, -0.05) is 18.2 Å². The summed E-state index contributed by atoms with van der Waals surface area (Å²) in [5, 5.41) is 3.21. The molecule has 2 aliphatic heterocycles. The van der Waals surface area contributed by atoms with Gasteiger partial charge >= 0.3 is 6.18 Å². The SMILES string of the molecule is O=C(c1ccccc1-c1ncccn1)N1C[C@@H]2CC[C@H]1[C@H](Nc1cnc(C(F)(F)F)cn1)C2. The third-order valence-corrected chi connectivity index (χ3v) is 6.28. The molecule has 3 atom stereocenters. The molecular weight excluding hydrogens is 433 g/mol. The lowest BCUT2D eigenvalue weighted by Crippen LogP contribution is -2.59. The molecule has 1 aliphatic carbocycles. The van der Waals surface area contributed by atoms with E-state index in [0.717, 1.165) is 31.7 Å². The number of amides is 1. The molecule has 1 aromatic carbocycles. The Kier molecular flexibility index (Phi) is 5.43. The lowest BCUT2D eigenvalue weighted by molar-refractivity contribution is -0.141. The maximum absolute atomic E-state index is 13.6. The molecule has 2 saturated heterocycles. The van der Waals surface area contributed by atoms with Gasteiger partial charge in [-0.2, -0.15) is 13.2 Å². The Morgan fingerprint density at radius 2 is 1.79 bits per heavy atom. The van der Waals surface area contributed by atoms with Crippen LogP contribution in [-0.2, 0) is 6.18 Å². The van der Waals surface area contributed by atoms with Gasteiger partial charge in [-0.15, -0.1) is 0 Å². The Morgan fingerprint density at radius 3 is 2.48 bits per heavy atom. The molecule has 10 heteroatoms. The number of anilines is 1. The summed E-state index contributed by atoms with van der Waals surface area (Å²) in [6.07, 6.45) is 3.20. The molecule has 3 aromatic rings. The van der Waals surface area contributed by atoms with Gasteiger partial charge in [0.2, 0.25) is 0 Å². The first-order chi connectivity index (χ1) is 15.9. The fourth-order valence-electron chi connectivity index (χ4n) is 4.78. The summed E-state index contributed by atoms with van der Waals surface area (Å²) < 4.78 is 38.3. The number of piperidine rings is 2. The summed E-state index contributed by atoms with van der Waals surface area (Å²) in [6, 6.07) is 8.77. The van der Waals surface area contributed by atoms with E-state index >= 15 is 0 Å². The Balaban J connectivity index is 1.38. The van der Waals surface area contributed by atoms with Crippen LogP contribution in [0.2, 0.25) is 0 Å². The highest BCUT2D eigenvalue weighted by Gasteiger charge is 2.43. The molecule has 2 bridgehead atoms. The Labute approximate surface area is 188 Å². The summed E-state index contributed by atoms with van der Waals surface area (Å²) in [6.45, 7) is 0.643. The largest absolute Gasteiger partial charge is 0.434 e. The van der Waals surface area contributed by atoms with Gasteiger partial charge in [0.1, 0.15) is 5.82 Å². The van der Waals surface area contributed by atoms with Gasteiger partial charge < -0.3 is 10.2 Å². The summed E-state index contributed by atoms with van der Waals surface area (Å²) in [5.41, 5.74) is 0.168. The normalized spacial score (nSPS) is 22.3. The van der Waals surface area contributed by atoms with E-state index in [2.05, 4.69) is 25.3 Å². The lowest BCUT2D eigenvalue weighted by atomic mass is 9.76. The van der Waals surface area contributed by atoms with Crippen molar-refractivity contribution in [2.75, 3.05) is 11.9 Å². The van der Waals surface area contributed by atoms with Crippen molar-refractivity contribution in [1.82, 2.24) is 24.8 Å². The second kappa shape index (κ2) is 8.42. The highest BCUT2D eigenvalue weighted by molar-refractivity contribution is 6.00. The predicted molar refractivity (Wildman–Crippen MR) is 114 cm³/mol. The molecular formula is C23H21F3N6O. The molecule has 0 spiro atoms. The van der Waals surface area contributed by atoms with E-state index in [9.17, 15) is 18.0 Å². The number of hydrogen-bond acceptors (Lipinski definition) is 6. The molecule has 170 valence electrons. The zero-order valence-corrected chi connectivity index (χ0v) is 17.5. The number of hydrogen-bond donors (Lipinski definition) is 1. The van der Waals surface area contributed by atoms with Crippen molar-refractivity contribution >= 4 is 11.7 Å². The average Bonchev–Trinajstić information content (AvgIpc) is 2.84. The molecule has 1 N–H and O–H groups in total. The zero-order chi connectivity index (χ0) is 23.0. The zero-order valence-electron chi connectivity index (χ0n) is 17.5. The molecule has 0 radical (unpaired) electrons. The predicted octanol–water partition coefficient (Wildman–Crippen LogP) is 4.06. The van der Waals surface area contributed by atoms with Crippen molar-refractivity contribution in [3.63, 3.8) is 0 Å². The first kappa shape index (κ1) is 21.3. The number of carbonyl (C=O) groups excluding carboxylic acids is 1. The van der Waals surface area contributed by atoms with E-state index in [0.29, 0.717) is 29.4 Å². The van der Waals surface area contributed by atoms with Gasteiger partial charge in [0, 0.05) is 30.5 Å². The van der Waals surface area contributed by atoms with Crippen LogP contribution in [0.15, 0.2) is 55.1 Å². The maximum Gasteiger partial charge on any atom is 0.434 e. The molecule has 7 nitrogen and oxygen atoms in total. The minimum absolute atomic E-state index is 0.0993. The lowest BCUT2D eigenvalue weighted by Gasteiger charge is -2.50. The van der Waals surface area contributed by atoms with Gasteiger partial charge in [-0.25, -0.2) is 19.9 Å². The number of carbonyl (C=O) groups is 1. The van der Waals surface area contributed by atoms with E-state index in [1.807, 2.05) is 23.1 Å². The number of aromatic nitrogens is 4. The third-order valence-electron chi connectivity index (χ3n) is 6.28. The van der Waals surface area contributed by atoms with Crippen molar-refractivity contribution in [3.8, 4) is 11.4 Å². The number of fused-ring (bicyclic) bond motifs is 3. The number of halogens is 3. The number of nitrogens with zero attached hydrogens (tertiary/aromatic N) is 5. The Morgan fingerprint density at radius 1 is 1.00 bits per heavy atom. The van der Waals surface area contributed by atoms with Crippen molar-refractivity contribution in [2.45, 2.75) is 37.5 Å². The van der Waals surface area contributed by atoms with Gasteiger partial charge in [-0.3, -0.25) is 4.79 Å². The first-order valence-corrected chi connectivity index (χ1v) is 10.7. The monoisotopic (exact) mass is 454 g/mol. The highest BCUT2D eigenvalue weighted by atomic mass is 19.4. The van der Waals surface area contributed by atoms with Crippen LogP contribution in [0.5, 0.6) is 0 Å². The summed E-state index contributed by atoms with van der Waals surface area (Å²) >= 11 is 0. The standard InChI is InChI=1S/C23H21F3N6O/c24-23(25,26)19-11-30-20(12-29-19)31-17-10-14-6-7-18(17)32(13-14)22(33)16-5-2-1-4-15(16)21-27-8-3-9-28-21/h1-5,8-9,11-12,14,17-18H,6-7,10,13H2,(H,30,31)/t14-,17-,18+/m1/s1. The number of nitrogens with one attached hydrogen (secondary N) is 1. The summed E-state index contributed by atoms with van der Waals surface area (Å²) in [7, 11) is 0. The minimum Gasteiger partial charge on any atom is -0.364 e. The molecule has 2 aromatic heterocycles. The molecule has 0 unspecified atom stereocenters. The second-order valence-electron chi connectivity index (χ2n) is 8.36. The number of benzene rings is 1. The van der Waals surface area contributed by atoms with Gasteiger partial charge in [0.15, 0.2) is 11.5 Å². The molecule has 1 amide bonds. The third kappa shape index (κ3) is 4.24. The summed E-state index contributed by atoms with van der Waals surface area (Å²) in [4.78, 5) is 31.4. The van der Waals surface area contributed by atoms with E-state index < -0.39 is 11.9 Å². The topological polar surface area (TPSA) is 83.9 Å². The van der Waals surface area contributed by atoms with Crippen LogP contribution >= 0.6 is 0 Å². The van der Waals surface area contributed by atoms with Crippen LogP contribution in [0.4, 0.5) is 19.0 Å². The quantitative estimate of drug-likeness (QED) is 0.640. The van der Waals surface area contributed by atoms with Crippen molar-refractivity contribution < 1.29 is 18.0 Å². The van der Waals surface area contributed by atoms with E-state index in [1.165, 1.54) is 0 Å². The van der Waals surface area contributed by atoms with E-state index in [-0.39, 0.29) is 23.8 Å². The fourth-order valence-corrected chi connectivity index (χ4v) is 4.78. The molecule has 1 saturated carbocycles. The maximum atomic E-state index is 13.6. The Bertz CT molecular complexity index is 1140. The smallest absolute Gasteiger partial charge is 0.364 e. The highest BCUT2D eigenvalue weighted by Crippen LogP contribution is 2.38. The van der Waals surface area contributed by atoms with E-state index in [1.54, 1.807) is 24.5 Å². The molecule has 4 heterocycles. The van der Waals surface area contributed by atoms with Crippen LogP contribution in [0.3, 0.4) is 0 Å². The number of alkyl halides is 3. The minimum atomic E-state index is -4.53. The number of rotatable bonds is 4. The fraction of sp³-hybridized carbons (Fsp3) is 0.348. The van der Waals surface area contributed by atoms with Crippen molar-refractivity contribution in [2.24, 2.45) is 5.92 Å². The van der Waals surface area contributed by atoms with Crippen LogP contribution < -0.4 is 5.32 Å². The first-order valence-electron chi connectivity index (χ1n) is 10.7. The molecule has 6 rings (SSSR count). The van der Waals surface area contributed by atoms with Crippen LogP contribution in [0, 0.1) is 5.92 Å². The summed E-state index contributed by atoms with van der Waals surface area (Å²) in [5.74, 6) is 0.959. The average molecular weight is 454 g/mol. The second-order valence-corrected chi connectivity index (χ2v) is 8.36. The molecule has 3 fully saturated rings. The Hall–Kier alpha value is -3.56. The van der Waals surface area contributed by atoms with Gasteiger partial charge in [0.05, 0.1) is 24.0 Å². The van der Waals surface area contributed by atoms with Crippen molar-refractivity contribution in [3.05, 3.63) is 66.4 Å². The van der Waals surface area contributed by atoms with E-state index in [4.69, 9.17) is 0 Å². The van der Waals surface area contributed by atoms with Crippen molar-refractivity contribution in [1.29, 1.82) is 0 Å². The van der Waals surface area contributed by atoms with Crippen LogP contribution in [0.25, 0.3) is 11.4 Å². The molecule has 33 heavy (non-hydrogen) atoms. The van der Waals surface area contributed by atoms with Crippen LogP contribution in [-0.4, -0.2) is 49.4 Å². The van der Waals surface area contributed by atoms with Gasteiger partial charge in [-0.05, 0) is 37.3 Å². The van der Waals surface area contributed by atoms with Gasteiger partial charge in [0.25, 0.3) is 5.91 Å². The molecule has 3 aliphatic rings.